The third-order valence-electron chi connectivity index (χ3n) is 3.26. The number of halogens is 1. The van der Waals surface area contributed by atoms with E-state index in [0.29, 0.717) is 0 Å². The first-order valence-electron chi connectivity index (χ1n) is 6.30. The minimum Gasteiger partial charge on any atom is -0.496 e. The molecule has 20 heavy (non-hydrogen) atoms. The summed E-state index contributed by atoms with van der Waals surface area (Å²) in [6.45, 7) is 2.04. The molecule has 3 nitrogen and oxygen atoms in total. The minimum absolute atomic E-state index is 0.243. The molecule has 2 aromatic rings. The lowest BCUT2D eigenvalue weighted by molar-refractivity contribution is 0.407. The highest BCUT2D eigenvalue weighted by molar-refractivity contribution is 9.10. The van der Waals surface area contributed by atoms with Gasteiger partial charge in [-0.05, 0) is 46.6 Å². The molecule has 2 aromatic carbocycles. The van der Waals surface area contributed by atoms with Gasteiger partial charge >= 0.3 is 0 Å². The van der Waals surface area contributed by atoms with E-state index in [0.717, 1.165) is 32.7 Å². The van der Waals surface area contributed by atoms with Crippen LogP contribution in [-0.4, -0.2) is 14.2 Å². The smallest absolute Gasteiger partial charge is 0.133 e. The van der Waals surface area contributed by atoms with E-state index in [2.05, 4.69) is 22.0 Å². The number of hydrogen-bond acceptors (Lipinski definition) is 3. The largest absolute Gasteiger partial charge is 0.496 e. The topological polar surface area (TPSA) is 44.5 Å². The molecule has 0 saturated heterocycles. The van der Waals surface area contributed by atoms with Crippen LogP contribution in [0.2, 0.25) is 0 Å². The first-order chi connectivity index (χ1) is 9.56. The Labute approximate surface area is 127 Å². The second kappa shape index (κ2) is 6.29. The van der Waals surface area contributed by atoms with E-state index < -0.39 is 0 Å². The van der Waals surface area contributed by atoms with Crippen LogP contribution in [0.3, 0.4) is 0 Å². The molecule has 0 aliphatic carbocycles. The number of ether oxygens (including phenoxy) is 2. The van der Waals surface area contributed by atoms with Gasteiger partial charge in [-0.2, -0.15) is 0 Å². The molecule has 4 heteroatoms. The van der Waals surface area contributed by atoms with E-state index in [9.17, 15) is 0 Å². The Bertz CT molecular complexity index is 613. The zero-order valence-electron chi connectivity index (χ0n) is 11.8. The van der Waals surface area contributed by atoms with Crippen LogP contribution in [0, 0.1) is 6.92 Å². The van der Waals surface area contributed by atoms with Crippen molar-refractivity contribution < 1.29 is 9.47 Å². The van der Waals surface area contributed by atoms with Gasteiger partial charge in [0.05, 0.1) is 24.7 Å². The zero-order chi connectivity index (χ0) is 14.7. The highest BCUT2D eigenvalue weighted by atomic mass is 79.9. The van der Waals surface area contributed by atoms with Crippen LogP contribution in [0.1, 0.15) is 22.7 Å². The second-order valence-electron chi connectivity index (χ2n) is 4.62. The van der Waals surface area contributed by atoms with E-state index in [1.54, 1.807) is 14.2 Å². The first-order valence-corrected chi connectivity index (χ1v) is 7.09. The maximum atomic E-state index is 6.38. The summed E-state index contributed by atoms with van der Waals surface area (Å²) >= 11 is 3.49. The number of nitrogens with two attached hydrogens (primary N) is 1. The van der Waals surface area contributed by atoms with E-state index in [4.69, 9.17) is 15.2 Å². The molecule has 0 spiro atoms. The van der Waals surface area contributed by atoms with E-state index in [1.165, 1.54) is 0 Å². The number of methoxy groups -OCH3 is 2. The molecule has 0 radical (unpaired) electrons. The van der Waals surface area contributed by atoms with Crippen molar-refractivity contribution >= 4 is 15.9 Å². The SMILES string of the molecule is COc1ccc(C(N)c2cc(C)ccc2OC)cc1Br. The molecule has 1 atom stereocenters. The Balaban J connectivity index is 2.43. The fraction of sp³-hybridized carbons (Fsp3) is 0.250. The van der Waals surface area contributed by atoms with Gasteiger partial charge in [0.2, 0.25) is 0 Å². The van der Waals surface area contributed by atoms with Crippen LogP contribution in [0.4, 0.5) is 0 Å². The lowest BCUT2D eigenvalue weighted by Gasteiger charge is -2.17. The zero-order valence-corrected chi connectivity index (χ0v) is 13.4. The number of rotatable bonds is 4. The molecule has 2 rings (SSSR count). The Kier molecular flexibility index (Phi) is 4.68. The summed E-state index contributed by atoms with van der Waals surface area (Å²) in [7, 11) is 3.30. The molecule has 0 heterocycles. The van der Waals surface area contributed by atoms with Crippen molar-refractivity contribution in [3.8, 4) is 11.5 Å². The quantitative estimate of drug-likeness (QED) is 0.923. The Morgan fingerprint density at radius 2 is 1.65 bits per heavy atom. The van der Waals surface area contributed by atoms with Crippen LogP contribution in [0.5, 0.6) is 11.5 Å². The van der Waals surface area contributed by atoms with Crippen LogP contribution in [0.15, 0.2) is 40.9 Å². The monoisotopic (exact) mass is 335 g/mol. The number of benzene rings is 2. The average molecular weight is 336 g/mol. The summed E-state index contributed by atoms with van der Waals surface area (Å²) in [5.41, 5.74) is 9.51. The van der Waals surface area contributed by atoms with Crippen molar-refractivity contribution in [1.29, 1.82) is 0 Å². The Morgan fingerprint density at radius 3 is 2.25 bits per heavy atom. The standard InChI is InChI=1S/C16H18BrNO2/c1-10-4-6-14(19-2)12(8-10)16(18)11-5-7-15(20-3)13(17)9-11/h4-9,16H,18H2,1-3H3. The fourth-order valence-corrected chi connectivity index (χ4v) is 2.71. The Morgan fingerprint density at radius 1 is 1.00 bits per heavy atom. The third-order valence-corrected chi connectivity index (χ3v) is 3.87. The predicted molar refractivity (Wildman–Crippen MR) is 84.5 cm³/mol. The lowest BCUT2D eigenvalue weighted by atomic mass is 9.97. The van der Waals surface area contributed by atoms with Crippen molar-refractivity contribution in [2.45, 2.75) is 13.0 Å². The van der Waals surface area contributed by atoms with Gasteiger partial charge in [-0.25, -0.2) is 0 Å². The highest BCUT2D eigenvalue weighted by Crippen LogP contribution is 2.33. The van der Waals surface area contributed by atoms with E-state index in [-0.39, 0.29) is 6.04 Å². The van der Waals surface area contributed by atoms with E-state index in [1.807, 2.05) is 37.3 Å². The van der Waals surface area contributed by atoms with Crippen molar-refractivity contribution in [3.05, 3.63) is 57.6 Å². The van der Waals surface area contributed by atoms with Gasteiger partial charge < -0.3 is 15.2 Å². The molecule has 0 aliphatic heterocycles. The lowest BCUT2D eigenvalue weighted by Crippen LogP contribution is -2.13. The van der Waals surface area contributed by atoms with Gasteiger partial charge in [0, 0.05) is 5.56 Å². The summed E-state index contributed by atoms with van der Waals surface area (Å²) in [6.07, 6.45) is 0. The third kappa shape index (κ3) is 2.97. The normalized spacial score (nSPS) is 12.1. The molecule has 0 saturated carbocycles. The molecule has 0 amide bonds. The molecule has 106 valence electrons. The fourth-order valence-electron chi connectivity index (χ4n) is 2.15. The number of hydrogen-bond donors (Lipinski definition) is 1. The van der Waals surface area contributed by atoms with Gasteiger partial charge in [0.25, 0.3) is 0 Å². The summed E-state index contributed by atoms with van der Waals surface area (Å²) in [5.74, 6) is 1.59. The molecule has 0 bridgehead atoms. The van der Waals surface area contributed by atoms with Crippen molar-refractivity contribution in [1.82, 2.24) is 0 Å². The summed E-state index contributed by atoms with van der Waals surface area (Å²) in [6, 6.07) is 11.6. The maximum absolute atomic E-state index is 6.38. The molecular formula is C16H18BrNO2. The van der Waals surface area contributed by atoms with Crippen LogP contribution < -0.4 is 15.2 Å². The van der Waals surface area contributed by atoms with Crippen LogP contribution in [0.25, 0.3) is 0 Å². The molecular weight excluding hydrogens is 318 g/mol. The summed E-state index contributed by atoms with van der Waals surface area (Å²) in [5, 5.41) is 0. The molecule has 0 aliphatic rings. The van der Waals surface area contributed by atoms with Gasteiger partial charge in [-0.15, -0.1) is 0 Å². The highest BCUT2D eigenvalue weighted by Gasteiger charge is 2.15. The average Bonchev–Trinajstić information content (AvgIpc) is 2.46. The second-order valence-corrected chi connectivity index (χ2v) is 5.47. The summed E-state index contributed by atoms with van der Waals surface area (Å²) < 4.78 is 11.5. The van der Waals surface area contributed by atoms with E-state index >= 15 is 0 Å². The van der Waals surface area contributed by atoms with Gasteiger partial charge in [0.15, 0.2) is 0 Å². The van der Waals surface area contributed by atoms with Crippen LogP contribution in [-0.2, 0) is 0 Å². The van der Waals surface area contributed by atoms with Crippen molar-refractivity contribution in [3.63, 3.8) is 0 Å². The van der Waals surface area contributed by atoms with Crippen LogP contribution >= 0.6 is 15.9 Å². The minimum atomic E-state index is -0.243. The Hall–Kier alpha value is -1.52. The first kappa shape index (κ1) is 14.9. The molecule has 1 unspecified atom stereocenters. The predicted octanol–water partition coefficient (Wildman–Crippen LogP) is 3.82. The number of aryl methyl sites for hydroxylation is 1. The molecule has 0 aromatic heterocycles. The molecule has 2 N–H and O–H groups in total. The maximum Gasteiger partial charge on any atom is 0.133 e. The van der Waals surface area contributed by atoms with Gasteiger partial charge in [-0.1, -0.05) is 23.8 Å². The molecule has 0 fully saturated rings. The van der Waals surface area contributed by atoms with Crippen molar-refractivity contribution in [2.75, 3.05) is 14.2 Å². The van der Waals surface area contributed by atoms with Crippen molar-refractivity contribution in [2.24, 2.45) is 5.73 Å². The summed E-state index contributed by atoms with van der Waals surface area (Å²) in [4.78, 5) is 0. The van der Waals surface area contributed by atoms with Gasteiger partial charge in [0.1, 0.15) is 11.5 Å². The van der Waals surface area contributed by atoms with Gasteiger partial charge in [-0.3, -0.25) is 0 Å².